The van der Waals surface area contributed by atoms with E-state index in [0.717, 1.165) is 16.7 Å². The highest BCUT2D eigenvalue weighted by atomic mass is 16.4. The van der Waals surface area contributed by atoms with Gasteiger partial charge in [-0.2, -0.15) is 0 Å². The fourth-order valence-corrected chi connectivity index (χ4v) is 2.33. The van der Waals surface area contributed by atoms with Crippen molar-refractivity contribution in [1.82, 2.24) is 14.4 Å². The number of hydrogen-bond acceptors (Lipinski definition) is 3. The number of rotatable bonds is 3. The van der Waals surface area contributed by atoms with Crippen LogP contribution in [0.15, 0.2) is 36.7 Å². The molecule has 0 aliphatic carbocycles. The molecule has 0 atom stereocenters. The van der Waals surface area contributed by atoms with Crippen LogP contribution in [0.5, 0.6) is 0 Å². The van der Waals surface area contributed by atoms with E-state index in [4.69, 9.17) is 5.11 Å². The van der Waals surface area contributed by atoms with Crippen LogP contribution in [-0.4, -0.2) is 25.4 Å². The van der Waals surface area contributed by atoms with Crippen LogP contribution in [0.4, 0.5) is 0 Å². The Kier molecular flexibility index (Phi) is 3.17. The van der Waals surface area contributed by atoms with E-state index in [1.165, 1.54) is 0 Å². The fraction of sp³-hybridized carbons (Fsp3) is 0.188. The average molecular weight is 281 g/mol. The summed E-state index contributed by atoms with van der Waals surface area (Å²) in [5.41, 5.74) is 4.34. The average Bonchev–Trinajstić information content (AvgIpc) is 2.77. The lowest BCUT2D eigenvalue weighted by Crippen LogP contribution is -2.05. The molecule has 1 aromatic carbocycles. The third-order valence-corrected chi connectivity index (χ3v) is 3.35. The summed E-state index contributed by atoms with van der Waals surface area (Å²) in [6, 6.07) is 7.88. The molecule has 3 aromatic rings. The lowest BCUT2D eigenvalue weighted by atomic mass is 10.1. The quantitative estimate of drug-likeness (QED) is 0.801. The highest BCUT2D eigenvalue weighted by molar-refractivity contribution is 5.75. The second-order valence-electron chi connectivity index (χ2n) is 5.14. The summed E-state index contributed by atoms with van der Waals surface area (Å²) in [4.78, 5) is 19.9. The van der Waals surface area contributed by atoms with Crippen molar-refractivity contribution in [3.8, 4) is 11.3 Å². The van der Waals surface area contributed by atoms with Crippen LogP contribution in [0.2, 0.25) is 0 Å². The smallest absolute Gasteiger partial charge is 0.309 e. The number of carboxylic acids is 1. The Balaban J connectivity index is 2.25. The van der Waals surface area contributed by atoms with Gasteiger partial charge in [0.1, 0.15) is 0 Å². The van der Waals surface area contributed by atoms with Gasteiger partial charge in [0.2, 0.25) is 5.78 Å². The number of carboxylic acid groups (broad SMARTS) is 1. The van der Waals surface area contributed by atoms with Gasteiger partial charge in [0.25, 0.3) is 0 Å². The van der Waals surface area contributed by atoms with Gasteiger partial charge in [-0.05, 0) is 19.4 Å². The molecule has 0 aliphatic heterocycles. The highest BCUT2D eigenvalue weighted by Gasteiger charge is 2.17. The predicted octanol–water partition coefficient (Wildman–Crippen LogP) is 2.64. The van der Waals surface area contributed by atoms with E-state index in [-0.39, 0.29) is 6.42 Å². The Hall–Kier alpha value is -2.69. The van der Waals surface area contributed by atoms with Gasteiger partial charge in [0, 0.05) is 18.0 Å². The van der Waals surface area contributed by atoms with E-state index in [0.29, 0.717) is 17.2 Å². The molecule has 0 fully saturated rings. The molecule has 0 saturated heterocycles. The number of hydrogen-bond donors (Lipinski definition) is 1. The maximum atomic E-state index is 11.2. The molecule has 106 valence electrons. The fourth-order valence-electron chi connectivity index (χ4n) is 2.33. The van der Waals surface area contributed by atoms with Crippen LogP contribution >= 0.6 is 0 Å². The van der Waals surface area contributed by atoms with Gasteiger partial charge in [-0.25, -0.2) is 9.97 Å². The first-order chi connectivity index (χ1) is 10.0. The van der Waals surface area contributed by atoms with Crippen molar-refractivity contribution in [2.24, 2.45) is 0 Å². The van der Waals surface area contributed by atoms with Gasteiger partial charge < -0.3 is 5.11 Å². The van der Waals surface area contributed by atoms with Crippen molar-refractivity contribution in [2.45, 2.75) is 20.3 Å². The second-order valence-corrected chi connectivity index (χ2v) is 5.14. The number of aliphatic carboxylic acids is 1. The van der Waals surface area contributed by atoms with E-state index >= 15 is 0 Å². The molecular formula is C16H15N3O2. The minimum atomic E-state index is -0.883. The lowest BCUT2D eigenvalue weighted by molar-refractivity contribution is -0.136. The molecule has 0 spiro atoms. The van der Waals surface area contributed by atoms with Crippen molar-refractivity contribution in [3.05, 3.63) is 53.5 Å². The molecule has 2 aromatic heterocycles. The minimum absolute atomic E-state index is 0.0878. The van der Waals surface area contributed by atoms with E-state index in [2.05, 4.69) is 9.97 Å². The molecule has 1 N–H and O–H groups in total. The van der Waals surface area contributed by atoms with Gasteiger partial charge in [0.15, 0.2) is 0 Å². The molecule has 0 bridgehead atoms. The van der Waals surface area contributed by atoms with Crippen LogP contribution in [-0.2, 0) is 11.2 Å². The molecule has 0 radical (unpaired) electrons. The SMILES string of the molecule is Cc1ccc(-c2nc3ncc(C)cn3c2CC(=O)O)cc1. The van der Waals surface area contributed by atoms with Gasteiger partial charge in [-0.15, -0.1) is 0 Å². The Bertz CT molecular complexity index is 819. The van der Waals surface area contributed by atoms with Gasteiger partial charge >= 0.3 is 5.97 Å². The largest absolute Gasteiger partial charge is 0.481 e. The number of nitrogens with zero attached hydrogens (tertiary/aromatic N) is 3. The number of aryl methyl sites for hydroxylation is 2. The maximum absolute atomic E-state index is 11.2. The van der Waals surface area contributed by atoms with Crippen molar-refractivity contribution in [1.29, 1.82) is 0 Å². The summed E-state index contributed by atoms with van der Waals surface area (Å²) in [7, 11) is 0. The number of benzene rings is 1. The molecule has 5 nitrogen and oxygen atoms in total. The standard InChI is InChI=1S/C16H15N3O2/c1-10-3-5-12(6-4-10)15-13(7-14(20)21)19-9-11(2)8-17-16(19)18-15/h3-6,8-9H,7H2,1-2H3,(H,20,21). The molecule has 0 unspecified atom stereocenters. The van der Waals surface area contributed by atoms with Gasteiger partial charge in [-0.3, -0.25) is 9.20 Å². The summed E-state index contributed by atoms with van der Waals surface area (Å²) in [6.45, 7) is 3.93. The Labute approximate surface area is 121 Å². The summed E-state index contributed by atoms with van der Waals surface area (Å²) in [5, 5.41) is 9.17. The van der Waals surface area contributed by atoms with Gasteiger partial charge in [0.05, 0.1) is 17.8 Å². The number of aromatic nitrogens is 3. The number of carbonyl (C=O) groups is 1. The molecule has 5 heteroatoms. The Morgan fingerprint density at radius 3 is 2.57 bits per heavy atom. The van der Waals surface area contributed by atoms with Crippen LogP contribution in [0.1, 0.15) is 16.8 Å². The lowest BCUT2D eigenvalue weighted by Gasteiger charge is -2.03. The maximum Gasteiger partial charge on any atom is 0.309 e. The van der Waals surface area contributed by atoms with Crippen LogP contribution in [0.25, 0.3) is 17.0 Å². The number of imidazole rings is 1. The van der Waals surface area contributed by atoms with E-state index in [1.807, 2.05) is 44.3 Å². The summed E-state index contributed by atoms with van der Waals surface area (Å²) >= 11 is 0. The third-order valence-electron chi connectivity index (χ3n) is 3.35. The second kappa shape index (κ2) is 5.01. The van der Waals surface area contributed by atoms with Crippen molar-refractivity contribution < 1.29 is 9.90 Å². The zero-order valence-corrected chi connectivity index (χ0v) is 11.9. The first-order valence-electron chi connectivity index (χ1n) is 6.67. The zero-order valence-electron chi connectivity index (χ0n) is 11.9. The highest BCUT2D eigenvalue weighted by Crippen LogP contribution is 2.25. The third kappa shape index (κ3) is 2.50. The Morgan fingerprint density at radius 1 is 1.19 bits per heavy atom. The van der Waals surface area contributed by atoms with Crippen molar-refractivity contribution in [3.63, 3.8) is 0 Å². The molecule has 2 heterocycles. The zero-order chi connectivity index (χ0) is 15.0. The monoisotopic (exact) mass is 281 g/mol. The predicted molar refractivity (Wildman–Crippen MR) is 79.2 cm³/mol. The number of fused-ring (bicyclic) bond motifs is 1. The first-order valence-corrected chi connectivity index (χ1v) is 6.67. The van der Waals surface area contributed by atoms with Crippen molar-refractivity contribution in [2.75, 3.05) is 0 Å². The van der Waals surface area contributed by atoms with E-state index in [9.17, 15) is 4.79 Å². The van der Waals surface area contributed by atoms with E-state index in [1.54, 1.807) is 10.6 Å². The topological polar surface area (TPSA) is 67.5 Å². The molecule has 3 rings (SSSR count). The van der Waals surface area contributed by atoms with Crippen LogP contribution in [0.3, 0.4) is 0 Å². The van der Waals surface area contributed by atoms with Gasteiger partial charge in [-0.1, -0.05) is 29.8 Å². The summed E-state index contributed by atoms with van der Waals surface area (Å²) in [5.74, 6) is -0.362. The molecule has 0 amide bonds. The van der Waals surface area contributed by atoms with Crippen LogP contribution in [0, 0.1) is 13.8 Å². The minimum Gasteiger partial charge on any atom is -0.481 e. The molecule has 0 saturated carbocycles. The summed E-state index contributed by atoms with van der Waals surface area (Å²) < 4.78 is 1.76. The van der Waals surface area contributed by atoms with E-state index < -0.39 is 5.97 Å². The molecule has 0 aliphatic rings. The van der Waals surface area contributed by atoms with Crippen molar-refractivity contribution >= 4 is 11.7 Å². The normalized spacial score (nSPS) is 11.0. The first kappa shape index (κ1) is 13.3. The Morgan fingerprint density at radius 2 is 1.90 bits per heavy atom. The van der Waals surface area contributed by atoms with Crippen LogP contribution < -0.4 is 0 Å². The molecular weight excluding hydrogens is 266 g/mol. The summed E-state index contributed by atoms with van der Waals surface area (Å²) in [6.07, 6.45) is 3.51. The molecule has 21 heavy (non-hydrogen) atoms.